The van der Waals surface area contributed by atoms with Crippen LogP contribution in [0.5, 0.6) is 5.75 Å². The molecule has 0 bridgehead atoms. The Kier molecular flexibility index (Phi) is 4.65. The molecule has 7 heteroatoms. The number of para-hydroxylation sites is 1. The van der Waals surface area contributed by atoms with Gasteiger partial charge in [0.2, 0.25) is 0 Å². The van der Waals surface area contributed by atoms with Crippen LogP contribution < -0.4 is 15.8 Å². The summed E-state index contributed by atoms with van der Waals surface area (Å²) in [6.45, 7) is 0.527. The molecule has 7 nitrogen and oxygen atoms in total. The number of hydrogen-bond donors (Lipinski definition) is 2. The number of hydrogen-bond acceptors (Lipinski definition) is 4. The van der Waals surface area contributed by atoms with Crippen molar-refractivity contribution < 1.29 is 14.3 Å². The molecule has 25 heavy (non-hydrogen) atoms. The zero-order chi connectivity index (χ0) is 17.8. The van der Waals surface area contributed by atoms with Crippen LogP contribution in [0.15, 0.2) is 48.8 Å². The molecule has 2 amide bonds. The first-order chi connectivity index (χ1) is 12.1. The number of primary amides is 1. The maximum Gasteiger partial charge on any atom is 0.252 e. The topological polar surface area (TPSA) is 99.2 Å². The third-order valence-corrected chi connectivity index (χ3v) is 3.79. The second-order valence-electron chi connectivity index (χ2n) is 5.52. The van der Waals surface area contributed by atoms with E-state index in [1.165, 1.54) is 0 Å². The molecule has 128 valence electrons. The van der Waals surface area contributed by atoms with Crippen LogP contribution in [0, 0.1) is 0 Å². The third kappa shape index (κ3) is 3.60. The summed E-state index contributed by atoms with van der Waals surface area (Å²) < 4.78 is 7.39. The molecule has 0 aliphatic heterocycles. The molecule has 3 aromatic rings. The molecule has 0 fully saturated rings. The van der Waals surface area contributed by atoms with Gasteiger partial charge in [0.25, 0.3) is 11.8 Å². The largest absolute Gasteiger partial charge is 0.491 e. The van der Waals surface area contributed by atoms with Crippen molar-refractivity contribution in [2.24, 2.45) is 12.8 Å². The van der Waals surface area contributed by atoms with Gasteiger partial charge in [-0.1, -0.05) is 12.1 Å². The van der Waals surface area contributed by atoms with Crippen molar-refractivity contribution in [2.75, 3.05) is 13.2 Å². The molecule has 2 aromatic carbocycles. The number of imidazole rings is 1. The average Bonchev–Trinajstić information content (AvgIpc) is 2.99. The summed E-state index contributed by atoms with van der Waals surface area (Å²) in [5.74, 6) is -0.348. The second-order valence-corrected chi connectivity index (χ2v) is 5.52. The van der Waals surface area contributed by atoms with Gasteiger partial charge in [0.15, 0.2) is 0 Å². The third-order valence-electron chi connectivity index (χ3n) is 3.79. The molecule has 0 spiro atoms. The minimum atomic E-state index is -0.552. The van der Waals surface area contributed by atoms with Crippen molar-refractivity contribution in [3.05, 3.63) is 59.9 Å². The number of amides is 2. The first-order valence-corrected chi connectivity index (χ1v) is 7.77. The Morgan fingerprint density at radius 1 is 1.24 bits per heavy atom. The molecule has 0 atom stereocenters. The van der Waals surface area contributed by atoms with Crippen LogP contribution in [0.1, 0.15) is 20.7 Å². The van der Waals surface area contributed by atoms with Gasteiger partial charge in [-0.25, -0.2) is 4.98 Å². The fraction of sp³-hybridized carbons (Fsp3) is 0.167. The Morgan fingerprint density at radius 2 is 2.04 bits per heavy atom. The van der Waals surface area contributed by atoms with Gasteiger partial charge in [0.05, 0.1) is 29.5 Å². The molecular weight excluding hydrogens is 320 g/mol. The first kappa shape index (κ1) is 16.5. The highest BCUT2D eigenvalue weighted by molar-refractivity contribution is 5.97. The smallest absolute Gasteiger partial charge is 0.252 e. The Hall–Kier alpha value is -3.35. The van der Waals surface area contributed by atoms with Gasteiger partial charge in [0.1, 0.15) is 12.4 Å². The molecule has 0 aliphatic rings. The summed E-state index contributed by atoms with van der Waals surface area (Å²) in [7, 11) is 1.88. The van der Waals surface area contributed by atoms with E-state index in [1.807, 2.05) is 17.7 Å². The Balaban J connectivity index is 1.57. The van der Waals surface area contributed by atoms with Gasteiger partial charge in [0, 0.05) is 12.6 Å². The lowest BCUT2D eigenvalue weighted by atomic mass is 10.2. The SMILES string of the molecule is Cn1cnc2ccc(C(=O)NCCOc3ccccc3C(N)=O)cc21. The lowest BCUT2D eigenvalue weighted by Gasteiger charge is -2.10. The molecule has 0 aliphatic carbocycles. The number of benzene rings is 2. The van der Waals surface area contributed by atoms with Gasteiger partial charge in [-0.15, -0.1) is 0 Å². The van der Waals surface area contributed by atoms with E-state index < -0.39 is 5.91 Å². The van der Waals surface area contributed by atoms with Crippen LogP contribution in [0.25, 0.3) is 11.0 Å². The molecule has 0 saturated carbocycles. The average molecular weight is 338 g/mol. The highest BCUT2D eigenvalue weighted by Crippen LogP contribution is 2.17. The maximum absolute atomic E-state index is 12.2. The van der Waals surface area contributed by atoms with Crippen molar-refractivity contribution in [3.8, 4) is 5.75 Å². The van der Waals surface area contributed by atoms with E-state index in [0.717, 1.165) is 11.0 Å². The second kappa shape index (κ2) is 7.04. The van der Waals surface area contributed by atoms with Crippen molar-refractivity contribution in [3.63, 3.8) is 0 Å². The van der Waals surface area contributed by atoms with Crippen LogP contribution in [0.3, 0.4) is 0 Å². The van der Waals surface area contributed by atoms with E-state index in [-0.39, 0.29) is 12.5 Å². The van der Waals surface area contributed by atoms with E-state index in [9.17, 15) is 9.59 Å². The van der Waals surface area contributed by atoms with Crippen molar-refractivity contribution in [2.45, 2.75) is 0 Å². The van der Waals surface area contributed by atoms with Gasteiger partial charge in [-0.2, -0.15) is 0 Å². The van der Waals surface area contributed by atoms with Crippen molar-refractivity contribution in [1.29, 1.82) is 0 Å². The zero-order valence-corrected chi connectivity index (χ0v) is 13.7. The molecule has 3 N–H and O–H groups in total. The summed E-state index contributed by atoms with van der Waals surface area (Å²) >= 11 is 0. The minimum Gasteiger partial charge on any atom is -0.491 e. The summed E-state index contributed by atoms with van der Waals surface area (Å²) in [6.07, 6.45) is 1.70. The van der Waals surface area contributed by atoms with Crippen molar-refractivity contribution >= 4 is 22.8 Å². The van der Waals surface area contributed by atoms with Gasteiger partial charge < -0.3 is 20.4 Å². The van der Waals surface area contributed by atoms with Gasteiger partial charge >= 0.3 is 0 Å². The summed E-state index contributed by atoms with van der Waals surface area (Å²) in [5, 5.41) is 2.78. The Morgan fingerprint density at radius 3 is 2.84 bits per heavy atom. The number of aryl methyl sites for hydroxylation is 1. The molecule has 0 radical (unpaired) electrons. The van der Waals surface area contributed by atoms with Crippen LogP contribution in [-0.4, -0.2) is 34.5 Å². The fourth-order valence-electron chi connectivity index (χ4n) is 2.49. The van der Waals surface area contributed by atoms with E-state index in [0.29, 0.717) is 23.4 Å². The predicted molar refractivity (Wildman–Crippen MR) is 93.5 cm³/mol. The molecule has 0 unspecified atom stereocenters. The Bertz CT molecular complexity index is 933. The number of nitrogens with one attached hydrogen (secondary N) is 1. The van der Waals surface area contributed by atoms with Gasteiger partial charge in [-0.3, -0.25) is 9.59 Å². The number of carbonyl (C=O) groups excluding carboxylic acids is 2. The summed E-state index contributed by atoms with van der Waals surface area (Å²) in [4.78, 5) is 27.8. The Labute approximate surface area is 144 Å². The highest BCUT2D eigenvalue weighted by Gasteiger charge is 2.10. The van der Waals surface area contributed by atoms with E-state index in [1.54, 1.807) is 42.7 Å². The predicted octanol–water partition coefficient (Wildman–Crippen LogP) is 1.48. The van der Waals surface area contributed by atoms with Crippen LogP contribution in [0.4, 0.5) is 0 Å². The fourth-order valence-corrected chi connectivity index (χ4v) is 2.49. The number of ether oxygens (including phenoxy) is 1. The molecular formula is C18H18N4O3. The van der Waals surface area contributed by atoms with Crippen LogP contribution in [-0.2, 0) is 7.05 Å². The standard InChI is InChI=1S/C18H18N4O3/c1-22-11-21-14-7-6-12(10-15(14)22)18(24)20-8-9-25-16-5-3-2-4-13(16)17(19)23/h2-7,10-11H,8-9H2,1H3,(H2,19,23)(H,20,24). The minimum absolute atomic E-state index is 0.199. The number of rotatable bonds is 6. The summed E-state index contributed by atoms with van der Waals surface area (Å²) in [6, 6.07) is 12.1. The number of nitrogens with zero attached hydrogens (tertiary/aromatic N) is 2. The van der Waals surface area contributed by atoms with E-state index >= 15 is 0 Å². The van der Waals surface area contributed by atoms with Gasteiger partial charge in [-0.05, 0) is 30.3 Å². The summed E-state index contributed by atoms with van der Waals surface area (Å²) in [5.41, 5.74) is 7.89. The number of fused-ring (bicyclic) bond motifs is 1. The molecule has 1 aromatic heterocycles. The van der Waals surface area contributed by atoms with E-state index in [4.69, 9.17) is 10.5 Å². The normalized spacial score (nSPS) is 10.6. The van der Waals surface area contributed by atoms with E-state index in [2.05, 4.69) is 10.3 Å². The monoisotopic (exact) mass is 338 g/mol. The lowest BCUT2D eigenvalue weighted by Crippen LogP contribution is -2.28. The number of aromatic nitrogens is 2. The number of nitrogens with two attached hydrogens (primary N) is 1. The highest BCUT2D eigenvalue weighted by atomic mass is 16.5. The zero-order valence-electron chi connectivity index (χ0n) is 13.7. The first-order valence-electron chi connectivity index (χ1n) is 7.77. The maximum atomic E-state index is 12.2. The molecule has 1 heterocycles. The quantitative estimate of drug-likeness (QED) is 0.665. The van der Waals surface area contributed by atoms with Crippen LogP contribution >= 0.6 is 0 Å². The van der Waals surface area contributed by atoms with Crippen LogP contribution in [0.2, 0.25) is 0 Å². The molecule has 0 saturated heterocycles. The van der Waals surface area contributed by atoms with Crippen molar-refractivity contribution in [1.82, 2.24) is 14.9 Å². The molecule has 3 rings (SSSR count). The number of carbonyl (C=O) groups is 2. The lowest BCUT2D eigenvalue weighted by molar-refractivity contribution is 0.0943.